The first-order valence-electron chi connectivity index (χ1n) is 24.2. The zero-order valence-corrected chi connectivity index (χ0v) is 42.0. The molecule has 0 fully saturated rings. The molecule has 2 nitrogen and oxygen atoms in total. The molecule has 12 rings (SSSR count). The summed E-state index contributed by atoms with van der Waals surface area (Å²) in [4.78, 5) is 4.91. The summed E-state index contributed by atoms with van der Waals surface area (Å²) in [6.07, 6.45) is 0. The van der Waals surface area contributed by atoms with E-state index in [-0.39, 0.29) is 0 Å². The monoisotopic (exact) mass is 936 g/mol. The highest BCUT2D eigenvalue weighted by Gasteiger charge is 2.22. The highest BCUT2D eigenvalue weighted by Crippen LogP contribution is 2.47. The molecule has 70 heavy (non-hydrogen) atoms. The minimum absolute atomic E-state index is 1.14. The maximum Gasteiger partial charge on any atom is 0.0520 e. The van der Waals surface area contributed by atoms with Crippen LogP contribution in [0.15, 0.2) is 206 Å². The molecule has 0 radical (unpaired) electrons. The van der Waals surface area contributed by atoms with Gasteiger partial charge in [0.25, 0.3) is 0 Å². The van der Waals surface area contributed by atoms with Crippen LogP contribution < -0.4 is 9.80 Å². The second-order valence-corrected chi connectivity index (χ2v) is 20.9. The van der Waals surface area contributed by atoms with E-state index in [1.54, 1.807) is 0 Å². The molecule has 0 aliphatic carbocycles. The Labute approximate surface area is 419 Å². The van der Waals surface area contributed by atoms with Crippen molar-refractivity contribution in [2.45, 2.75) is 41.5 Å². The number of rotatable bonds is 9. The Hall–Kier alpha value is -7.76. The largest absolute Gasteiger partial charge is 0.310 e. The third kappa shape index (κ3) is 7.47. The van der Waals surface area contributed by atoms with Gasteiger partial charge in [0, 0.05) is 63.1 Å². The molecule has 12 aromatic rings. The maximum absolute atomic E-state index is 2.46. The molecule has 0 bridgehead atoms. The molecule has 0 amide bonds. The third-order valence-electron chi connectivity index (χ3n) is 14.2. The molecule has 0 saturated heterocycles. The second-order valence-electron chi connectivity index (χ2n) is 18.8. The summed E-state index contributed by atoms with van der Waals surface area (Å²) < 4.78 is 5.32. The lowest BCUT2D eigenvalue weighted by molar-refractivity contribution is 1.20. The lowest BCUT2D eigenvalue weighted by atomic mass is 9.97. The van der Waals surface area contributed by atoms with Gasteiger partial charge in [-0.25, -0.2) is 0 Å². The van der Waals surface area contributed by atoms with Crippen LogP contribution in [0.1, 0.15) is 33.4 Å². The van der Waals surface area contributed by atoms with Crippen molar-refractivity contribution in [1.82, 2.24) is 0 Å². The predicted molar refractivity (Wildman–Crippen MR) is 306 cm³/mol. The molecule has 0 aliphatic rings. The fourth-order valence-corrected chi connectivity index (χ4v) is 13.3. The van der Waals surface area contributed by atoms with E-state index in [0.717, 1.165) is 11.4 Å². The van der Waals surface area contributed by atoms with Crippen LogP contribution in [0.25, 0.3) is 73.7 Å². The summed E-state index contributed by atoms with van der Waals surface area (Å²) in [5.74, 6) is 0. The lowest BCUT2D eigenvalue weighted by Crippen LogP contribution is -2.14. The van der Waals surface area contributed by atoms with Crippen molar-refractivity contribution in [3.05, 3.63) is 240 Å². The van der Waals surface area contributed by atoms with E-state index in [4.69, 9.17) is 0 Å². The minimum atomic E-state index is 1.14. The molecular formula is C66H52N2S2. The van der Waals surface area contributed by atoms with Crippen LogP contribution >= 0.6 is 22.7 Å². The number of thiophene rings is 2. The Bertz CT molecular complexity index is 3670. The number of anilines is 6. The predicted octanol–water partition coefficient (Wildman–Crippen LogP) is 20.2. The van der Waals surface area contributed by atoms with Gasteiger partial charge >= 0.3 is 0 Å². The highest BCUT2D eigenvalue weighted by atomic mass is 32.1. The summed E-state index contributed by atoms with van der Waals surface area (Å²) in [6.45, 7) is 13.4. The fourth-order valence-electron chi connectivity index (χ4n) is 10.8. The molecule has 2 heterocycles. The van der Waals surface area contributed by atoms with Gasteiger partial charge in [-0.1, -0.05) is 146 Å². The van der Waals surface area contributed by atoms with Crippen molar-refractivity contribution in [2.24, 2.45) is 0 Å². The van der Waals surface area contributed by atoms with Crippen molar-refractivity contribution < 1.29 is 0 Å². The molecule has 10 aromatic carbocycles. The Balaban J connectivity index is 0.896. The molecular weight excluding hydrogens is 885 g/mol. The summed E-state index contributed by atoms with van der Waals surface area (Å²) >= 11 is 3.76. The van der Waals surface area contributed by atoms with Crippen molar-refractivity contribution in [2.75, 3.05) is 9.80 Å². The molecule has 0 aliphatic heterocycles. The van der Waals surface area contributed by atoms with Gasteiger partial charge in [0.1, 0.15) is 0 Å². The van der Waals surface area contributed by atoms with E-state index in [0.29, 0.717) is 0 Å². The number of hydrogen-bond donors (Lipinski definition) is 0. The smallest absolute Gasteiger partial charge is 0.0520 e. The molecule has 4 heteroatoms. The molecule has 0 unspecified atom stereocenters. The van der Waals surface area contributed by atoms with Crippen LogP contribution in [0.2, 0.25) is 0 Å². The summed E-state index contributed by atoms with van der Waals surface area (Å²) in [5.41, 5.74) is 21.8. The van der Waals surface area contributed by atoms with Gasteiger partial charge in [-0.3, -0.25) is 0 Å². The molecule has 0 saturated carbocycles. The van der Waals surface area contributed by atoms with Crippen LogP contribution in [0, 0.1) is 41.5 Å². The number of para-hydroxylation sites is 2. The van der Waals surface area contributed by atoms with Crippen molar-refractivity contribution >= 4 is 97.1 Å². The standard InChI is InChI=1S/C66H52N2S2/c1-41-15-11-16-42(2)63(41)67(51-33-27-47(28-34-51)53-21-13-23-57-55-19-7-9-25-61(55)69-65(53)57)59-37-31-49(39-45(59)5)50-32-38-60(46(6)40-50)68(64-43(3)17-12-18-44(64)4)52-35-29-48(30-36-52)54-22-14-24-58-56-20-8-10-26-62(56)70-66(54)58/h7-40H,1-6H3. The Kier molecular flexibility index (Phi) is 11.0. The van der Waals surface area contributed by atoms with Crippen LogP contribution in [-0.4, -0.2) is 0 Å². The highest BCUT2D eigenvalue weighted by molar-refractivity contribution is 7.26. The molecule has 0 atom stereocenters. The van der Waals surface area contributed by atoms with Crippen LogP contribution in [0.3, 0.4) is 0 Å². The van der Waals surface area contributed by atoms with Gasteiger partial charge in [-0.15, -0.1) is 22.7 Å². The van der Waals surface area contributed by atoms with E-state index < -0.39 is 0 Å². The zero-order chi connectivity index (χ0) is 47.6. The van der Waals surface area contributed by atoms with Gasteiger partial charge in [-0.2, -0.15) is 0 Å². The Morgan fingerprint density at radius 3 is 1.01 bits per heavy atom. The van der Waals surface area contributed by atoms with Gasteiger partial charge < -0.3 is 9.80 Å². The van der Waals surface area contributed by atoms with Crippen molar-refractivity contribution in [1.29, 1.82) is 0 Å². The Morgan fingerprint density at radius 1 is 0.286 bits per heavy atom. The topological polar surface area (TPSA) is 6.48 Å². The van der Waals surface area contributed by atoms with Crippen LogP contribution in [0.4, 0.5) is 34.1 Å². The zero-order valence-electron chi connectivity index (χ0n) is 40.3. The lowest BCUT2D eigenvalue weighted by Gasteiger charge is -2.31. The summed E-state index contributed by atoms with van der Waals surface area (Å²) in [5, 5.41) is 5.29. The van der Waals surface area contributed by atoms with E-state index in [1.165, 1.54) is 130 Å². The SMILES string of the molecule is Cc1cc(-c2ccc(N(c3ccc(-c4cccc5c4sc4ccccc45)cc3)c3c(C)cccc3C)c(C)c2)ccc1N(c1ccc(-c2cccc3c2sc2ccccc23)cc1)c1c(C)cccc1C. The normalized spacial score (nSPS) is 11.6. The van der Waals surface area contributed by atoms with Gasteiger partial charge in [0.15, 0.2) is 0 Å². The third-order valence-corrected chi connectivity index (χ3v) is 16.7. The molecule has 338 valence electrons. The first kappa shape index (κ1) is 43.5. The average molecular weight is 937 g/mol. The fraction of sp³-hybridized carbons (Fsp3) is 0.0909. The number of aryl methyl sites for hydroxylation is 6. The van der Waals surface area contributed by atoms with Crippen LogP contribution in [-0.2, 0) is 0 Å². The van der Waals surface area contributed by atoms with E-state index >= 15 is 0 Å². The van der Waals surface area contributed by atoms with E-state index in [9.17, 15) is 0 Å². The first-order valence-corrected chi connectivity index (χ1v) is 25.8. The number of benzene rings is 10. The van der Waals surface area contributed by atoms with Gasteiger partial charge in [-0.05, 0) is 169 Å². The molecule has 0 N–H and O–H groups in total. The molecule has 0 spiro atoms. The first-order chi connectivity index (χ1) is 34.2. The number of fused-ring (bicyclic) bond motifs is 6. The summed E-state index contributed by atoms with van der Waals surface area (Å²) in [7, 11) is 0. The van der Waals surface area contributed by atoms with E-state index in [1.807, 2.05) is 22.7 Å². The van der Waals surface area contributed by atoms with Gasteiger partial charge in [0.2, 0.25) is 0 Å². The van der Waals surface area contributed by atoms with Gasteiger partial charge in [0.05, 0.1) is 11.4 Å². The van der Waals surface area contributed by atoms with Crippen LogP contribution in [0.5, 0.6) is 0 Å². The number of hydrogen-bond acceptors (Lipinski definition) is 4. The van der Waals surface area contributed by atoms with E-state index in [2.05, 4.69) is 258 Å². The maximum atomic E-state index is 2.46. The van der Waals surface area contributed by atoms with Crippen molar-refractivity contribution in [3.63, 3.8) is 0 Å². The second kappa shape index (κ2) is 17.6. The molecule has 2 aromatic heterocycles. The average Bonchev–Trinajstić information content (AvgIpc) is 3.96. The van der Waals surface area contributed by atoms with Crippen molar-refractivity contribution in [3.8, 4) is 33.4 Å². The quantitative estimate of drug-likeness (QED) is 0.142. The number of nitrogens with zero attached hydrogens (tertiary/aromatic N) is 2. The minimum Gasteiger partial charge on any atom is -0.310 e. The summed E-state index contributed by atoms with van der Waals surface area (Å²) in [6, 6.07) is 76.5. The Morgan fingerprint density at radius 2 is 0.629 bits per heavy atom.